The molecule has 0 amide bonds. The Balaban J connectivity index is 1.42. The third-order valence-electron chi connectivity index (χ3n) is 7.81. The molecule has 0 spiro atoms. The molecule has 0 aromatic heterocycles. The van der Waals surface area contributed by atoms with Crippen molar-refractivity contribution in [3.63, 3.8) is 0 Å². The fraction of sp³-hybridized carbons (Fsp3) is 0.393. The highest BCUT2D eigenvalue weighted by atomic mass is 16.5. The number of carbonyl (C=O) groups is 1. The molecule has 0 radical (unpaired) electrons. The fourth-order valence-corrected chi connectivity index (χ4v) is 6.21. The van der Waals surface area contributed by atoms with Gasteiger partial charge in [-0.2, -0.15) is 0 Å². The van der Waals surface area contributed by atoms with Crippen LogP contribution in [0, 0.1) is 29.1 Å². The molecule has 2 nitrogen and oxygen atoms in total. The van der Waals surface area contributed by atoms with Gasteiger partial charge in [0.05, 0.1) is 7.11 Å². The van der Waals surface area contributed by atoms with Gasteiger partial charge in [0.15, 0.2) is 5.78 Å². The number of rotatable bonds is 1. The molecule has 4 atom stereocenters. The Kier molecular flexibility index (Phi) is 4.78. The van der Waals surface area contributed by atoms with E-state index in [-0.39, 0.29) is 5.41 Å². The molecule has 0 unspecified atom stereocenters. The van der Waals surface area contributed by atoms with Crippen LogP contribution in [-0.4, -0.2) is 12.9 Å². The first-order chi connectivity index (χ1) is 14.6. The Morgan fingerprint density at radius 2 is 1.97 bits per heavy atom. The third-order valence-corrected chi connectivity index (χ3v) is 7.81. The van der Waals surface area contributed by atoms with E-state index < -0.39 is 0 Å². The maximum absolute atomic E-state index is 13.4. The zero-order valence-corrected chi connectivity index (χ0v) is 17.8. The van der Waals surface area contributed by atoms with Crippen LogP contribution in [0.2, 0.25) is 0 Å². The highest BCUT2D eigenvalue weighted by Crippen LogP contribution is 2.60. The van der Waals surface area contributed by atoms with Crippen molar-refractivity contribution in [3.05, 3.63) is 76.9 Å². The molecule has 3 aliphatic carbocycles. The summed E-state index contributed by atoms with van der Waals surface area (Å²) in [4.78, 5) is 13.4. The number of hydrogen-bond acceptors (Lipinski definition) is 2. The van der Waals surface area contributed by atoms with Crippen LogP contribution in [0.25, 0.3) is 0 Å². The number of aryl methyl sites for hydroxylation is 1. The van der Waals surface area contributed by atoms with Crippen molar-refractivity contribution in [2.24, 2.45) is 17.3 Å². The Morgan fingerprint density at radius 3 is 2.77 bits per heavy atom. The lowest BCUT2D eigenvalue weighted by molar-refractivity contribution is -0.127. The van der Waals surface area contributed by atoms with E-state index in [1.165, 1.54) is 17.5 Å². The van der Waals surface area contributed by atoms with Crippen LogP contribution in [0.15, 0.2) is 60.2 Å². The molecule has 0 N–H and O–H groups in total. The maximum atomic E-state index is 13.4. The van der Waals surface area contributed by atoms with Crippen LogP contribution in [0.1, 0.15) is 55.2 Å². The SMILES string of the molecule is COc1ccc2c(c1)CC[C@@H]1[C@@H]2CC[C@@]2(C)C(=O)/C(=C/C#Cc3ccccc3)C[C@@H]12. The van der Waals surface area contributed by atoms with Crippen LogP contribution >= 0.6 is 0 Å². The molecule has 2 saturated carbocycles. The van der Waals surface area contributed by atoms with Crippen LogP contribution < -0.4 is 4.74 Å². The first-order valence-electron chi connectivity index (χ1n) is 11.1. The summed E-state index contributed by atoms with van der Waals surface area (Å²) in [5.74, 6) is 9.21. The van der Waals surface area contributed by atoms with Gasteiger partial charge in [0.2, 0.25) is 0 Å². The second-order valence-electron chi connectivity index (χ2n) is 9.27. The Labute approximate surface area is 179 Å². The highest BCUT2D eigenvalue weighted by molar-refractivity contribution is 6.03. The lowest BCUT2D eigenvalue weighted by Crippen LogP contribution is -2.42. The molecule has 2 aromatic rings. The van der Waals surface area contributed by atoms with Gasteiger partial charge in [-0.05, 0) is 91.3 Å². The monoisotopic (exact) mass is 396 g/mol. The Morgan fingerprint density at radius 1 is 1.13 bits per heavy atom. The molecule has 5 rings (SSSR count). The largest absolute Gasteiger partial charge is 0.497 e. The topological polar surface area (TPSA) is 26.3 Å². The number of benzene rings is 2. The normalized spacial score (nSPS) is 30.7. The molecule has 2 heteroatoms. The summed E-state index contributed by atoms with van der Waals surface area (Å²) in [6, 6.07) is 16.6. The van der Waals surface area contributed by atoms with E-state index in [0.717, 1.165) is 42.6 Å². The number of allylic oxidation sites excluding steroid dienone is 2. The van der Waals surface area contributed by atoms with E-state index in [1.807, 2.05) is 36.4 Å². The molecule has 30 heavy (non-hydrogen) atoms. The number of methoxy groups -OCH3 is 1. The Bertz CT molecular complexity index is 1070. The summed E-state index contributed by atoms with van der Waals surface area (Å²) < 4.78 is 5.43. The highest BCUT2D eigenvalue weighted by Gasteiger charge is 2.56. The smallest absolute Gasteiger partial charge is 0.165 e. The fourth-order valence-electron chi connectivity index (χ4n) is 6.21. The van der Waals surface area contributed by atoms with E-state index in [0.29, 0.717) is 23.5 Å². The van der Waals surface area contributed by atoms with Crippen molar-refractivity contribution in [1.29, 1.82) is 0 Å². The predicted molar refractivity (Wildman–Crippen MR) is 119 cm³/mol. The first kappa shape index (κ1) is 19.2. The number of Topliss-reactive ketones (excluding diaryl/α,β-unsaturated/α-hetero) is 1. The molecule has 0 bridgehead atoms. The second-order valence-corrected chi connectivity index (χ2v) is 9.27. The molecule has 3 aliphatic rings. The van der Waals surface area contributed by atoms with Crippen LogP contribution in [-0.2, 0) is 11.2 Å². The van der Waals surface area contributed by atoms with Crippen molar-refractivity contribution < 1.29 is 9.53 Å². The predicted octanol–water partition coefficient (Wildman–Crippen LogP) is 5.71. The first-order valence-corrected chi connectivity index (χ1v) is 11.1. The summed E-state index contributed by atoms with van der Waals surface area (Å²) in [6.45, 7) is 2.21. The van der Waals surface area contributed by atoms with Crippen LogP contribution in [0.3, 0.4) is 0 Å². The van der Waals surface area contributed by atoms with E-state index >= 15 is 0 Å². The average Bonchev–Trinajstić information content (AvgIpc) is 3.04. The van der Waals surface area contributed by atoms with Crippen LogP contribution in [0.4, 0.5) is 0 Å². The number of carbonyl (C=O) groups excluding carboxylic acids is 1. The molecule has 0 heterocycles. The average molecular weight is 397 g/mol. The summed E-state index contributed by atoms with van der Waals surface area (Å²) in [5.41, 5.74) is 4.64. The Hall–Kier alpha value is -2.79. The number of hydrogen-bond donors (Lipinski definition) is 0. The van der Waals surface area contributed by atoms with E-state index in [9.17, 15) is 4.79 Å². The minimum absolute atomic E-state index is 0.217. The van der Waals surface area contributed by atoms with Crippen molar-refractivity contribution in [2.45, 2.75) is 44.9 Å². The van der Waals surface area contributed by atoms with Gasteiger partial charge in [-0.3, -0.25) is 4.79 Å². The molecular formula is C28H28O2. The van der Waals surface area contributed by atoms with Crippen molar-refractivity contribution in [3.8, 4) is 17.6 Å². The standard InChI is InChI=1S/C28H28O2/c1-28-16-15-24-23-14-12-22(30-2)17-20(23)11-13-25(24)26(28)18-21(27(28)29)10-6-9-19-7-4-3-5-8-19/h3-5,7-8,10,12,14,17,24-26H,11,13,15-16,18H2,1-2H3/b21-10+/t24-,25-,26+,28-/m1/s1. The summed E-state index contributed by atoms with van der Waals surface area (Å²) in [6.07, 6.45) is 7.11. The van der Waals surface area contributed by atoms with E-state index in [1.54, 1.807) is 7.11 Å². The molecule has 2 aromatic carbocycles. The van der Waals surface area contributed by atoms with E-state index in [4.69, 9.17) is 4.74 Å². The van der Waals surface area contributed by atoms with Crippen molar-refractivity contribution >= 4 is 5.78 Å². The maximum Gasteiger partial charge on any atom is 0.165 e. The number of fused-ring (bicyclic) bond motifs is 5. The van der Waals surface area contributed by atoms with Gasteiger partial charge < -0.3 is 4.74 Å². The molecule has 0 aliphatic heterocycles. The van der Waals surface area contributed by atoms with Crippen molar-refractivity contribution in [1.82, 2.24) is 0 Å². The molecule has 0 saturated heterocycles. The van der Waals surface area contributed by atoms with E-state index in [2.05, 4.69) is 37.0 Å². The lowest BCUT2D eigenvalue weighted by Gasteiger charge is -2.48. The summed E-state index contributed by atoms with van der Waals surface area (Å²) in [7, 11) is 1.73. The van der Waals surface area contributed by atoms with Crippen molar-refractivity contribution in [2.75, 3.05) is 7.11 Å². The van der Waals surface area contributed by atoms with Gasteiger partial charge in [-0.1, -0.05) is 43.0 Å². The molecular weight excluding hydrogens is 368 g/mol. The third kappa shape index (κ3) is 3.08. The van der Waals surface area contributed by atoms with Gasteiger partial charge in [-0.15, -0.1) is 0 Å². The molecule has 152 valence electrons. The minimum atomic E-state index is -0.217. The second kappa shape index (κ2) is 7.47. The van der Waals surface area contributed by atoms with Gasteiger partial charge in [-0.25, -0.2) is 0 Å². The van der Waals surface area contributed by atoms with Gasteiger partial charge in [0.25, 0.3) is 0 Å². The van der Waals surface area contributed by atoms with Gasteiger partial charge >= 0.3 is 0 Å². The number of ether oxygens (including phenoxy) is 1. The minimum Gasteiger partial charge on any atom is -0.497 e. The van der Waals surface area contributed by atoms with Gasteiger partial charge in [0, 0.05) is 16.6 Å². The number of ketones is 1. The zero-order valence-electron chi connectivity index (χ0n) is 17.8. The molecule has 2 fully saturated rings. The van der Waals surface area contributed by atoms with Gasteiger partial charge in [0.1, 0.15) is 5.75 Å². The quantitative estimate of drug-likeness (QED) is 0.456. The van der Waals surface area contributed by atoms with Crippen LogP contribution in [0.5, 0.6) is 5.75 Å². The zero-order chi connectivity index (χ0) is 20.7. The lowest BCUT2D eigenvalue weighted by atomic mass is 9.55. The summed E-state index contributed by atoms with van der Waals surface area (Å²) in [5, 5.41) is 0. The summed E-state index contributed by atoms with van der Waals surface area (Å²) >= 11 is 0.